The summed E-state index contributed by atoms with van der Waals surface area (Å²) in [5, 5.41) is 11.9. The van der Waals surface area contributed by atoms with E-state index in [1.165, 1.54) is 12.3 Å². The fourth-order valence-electron chi connectivity index (χ4n) is 2.03. The Morgan fingerprint density at radius 2 is 2.47 bits per heavy atom. The van der Waals surface area contributed by atoms with Crippen LogP contribution in [0.2, 0.25) is 0 Å². The molecule has 1 aliphatic rings. The molecule has 1 saturated heterocycles. The zero-order valence-corrected chi connectivity index (χ0v) is 11.0. The van der Waals surface area contributed by atoms with Crippen molar-refractivity contribution in [2.75, 3.05) is 38.1 Å². The van der Waals surface area contributed by atoms with Crippen LogP contribution in [0.15, 0.2) is 18.3 Å². The van der Waals surface area contributed by atoms with Gasteiger partial charge in [-0.05, 0) is 18.7 Å². The first kappa shape index (κ1) is 13.8. The second-order valence-electron chi connectivity index (χ2n) is 4.50. The molecule has 0 bridgehead atoms. The predicted octanol–water partition coefficient (Wildman–Crippen LogP) is 0.912. The summed E-state index contributed by atoms with van der Waals surface area (Å²) in [5.41, 5.74) is 0.191. The van der Waals surface area contributed by atoms with E-state index in [0.29, 0.717) is 12.4 Å². The summed E-state index contributed by atoms with van der Waals surface area (Å²) < 4.78 is 5.67. The molecule has 19 heavy (non-hydrogen) atoms. The van der Waals surface area contributed by atoms with E-state index >= 15 is 0 Å². The van der Waals surface area contributed by atoms with Crippen molar-refractivity contribution in [2.24, 2.45) is 0 Å². The van der Waals surface area contributed by atoms with Crippen LogP contribution in [0.5, 0.6) is 0 Å². The summed E-state index contributed by atoms with van der Waals surface area (Å²) in [6.45, 7) is 6.50. The van der Waals surface area contributed by atoms with Gasteiger partial charge in [-0.25, -0.2) is 9.78 Å². The van der Waals surface area contributed by atoms with E-state index in [2.05, 4.69) is 22.1 Å². The molecule has 0 radical (unpaired) electrons. The molecular formula is C13H19N3O3. The maximum Gasteiger partial charge on any atom is 0.337 e. The first-order valence-corrected chi connectivity index (χ1v) is 6.46. The fraction of sp³-hybridized carbons (Fsp3) is 0.538. The number of rotatable bonds is 5. The maximum absolute atomic E-state index is 10.7. The van der Waals surface area contributed by atoms with E-state index in [4.69, 9.17) is 9.84 Å². The highest BCUT2D eigenvalue weighted by molar-refractivity contribution is 5.87. The lowest BCUT2D eigenvalue weighted by Gasteiger charge is -2.32. The Hall–Kier alpha value is -1.66. The van der Waals surface area contributed by atoms with E-state index in [-0.39, 0.29) is 11.7 Å². The fourth-order valence-corrected chi connectivity index (χ4v) is 2.03. The first-order valence-electron chi connectivity index (χ1n) is 6.46. The molecule has 0 aromatic carbocycles. The maximum atomic E-state index is 10.7. The summed E-state index contributed by atoms with van der Waals surface area (Å²) in [6, 6.07) is 3.21. The van der Waals surface area contributed by atoms with Gasteiger partial charge in [0.2, 0.25) is 0 Å². The van der Waals surface area contributed by atoms with Crippen LogP contribution < -0.4 is 5.32 Å². The summed E-state index contributed by atoms with van der Waals surface area (Å²) >= 11 is 0. The van der Waals surface area contributed by atoms with Crippen LogP contribution in [0.1, 0.15) is 17.3 Å². The van der Waals surface area contributed by atoms with Crippen LogP contribution in [-0.2, 0) is 4.74 Å². The van der Waals surface area contributed by atoms with Gasteiger partial charge < -0.3 is 15.2 Å². The number of carbonyl (C=O) groups is 1. The van der Waals surface area contributed by atoms with Crippen molar-refractivity contribution in [3.05, 3.63) is 23.9 Å². The lowest BCUT2D eigenvalue weighted by atomic mass is 10.2. The highest BCUT2D eigenvalue weighted by atomic mass is 16.5. The van der Waals surface area contributed by atoms with Crippen LogP contribution in [0.3, 0.4) is 0 Å². The van der Waals surface area contributed by atoms with Crippen LogP contribution in [0.25, 0.3) is 0 Å². The standard InChI is InChI=1S/C13H19N3O3/c1-2-16-5-6-19-11(9-16)8-15-12-4-3-10(7-14-12)13(17)18/h3-4,7,11H,2,5-6,8-9H2,1H3,(H,14,15)(H,17,18). The van der Waals surface area contributed by atoms with Gasteiger partial charge in [-0.2, -0.15) is 0 Å². The van der Waals surface area contributed by atoms with Crippen LogP contribution in [0.4, 0.5) is 5.82 Å². The van der Waals surface area contributed by atoms with E-state index < -0.39 is 5.97 Å². The van der Waals surface area contributed by atoms with Gasteiger partial charge in [0.1, 0.15) is 5.82 Å². The number of carboxylic acids is 1. The summed E-state index contributed by atoms with van der Waals surface area (Å²) in [4.78, 5) is 17.1. The molecular weight excluding hydrogens is 246 g/mol. The Morgan fingerprint density at radius 1 is 1.63 bits per heavy atom. The molecule has 2 heterocycles. The lowest BCUT2D eigenvalue weighted by molar-refractivity contribution is -0.0192. The summed E-state index contributed by atoms with van der Waals surface area (Å²) in [6.07, 6.45) is 1.50. The van der Waals surface area contributed by atoms with Crippen molar-refractivity contribution in [1.29, 1.82) is 0 Å². The van der Waals surface area contributed by atoms with Crippen molar-refractivity contribution in [2.45, 2.75) is 13.0 Å². The quantitative estimate of drug-likeness (QED) is 0.824. The predicted molar refractivity (Wildman–Crippen MR) is 71.5 cm³/mol. The Kier molecular flexibility index (Phi) is 4.70. The van der Waals surface area contributed by atoms with Gasteiger partial charge >= 0.3 is 5.97 Å². The number of ether oxygens (including phenoxy) is 1. The molecule has 1 aromatic heterocycles. The van der Waals surface area contributed by atoms with Crippen molar-refractivity contribution in [3.8, 4) is 0 Å². The third-order valence-corrected chi connectivity index (χ3v) is 3.19. The average molecular weight is 265 g/mol. The summed E-state index contributed by atoms with van der Waals surface area (Å²) in [7, 11) is 0. The minimum absolute atomic E-state index is 0.148. The SMILES string of the molecule is CCN1CCOC(CNc2ccc(C(=O)O)cn2)C1. The molecule has 0 aliphatic carbocycles. The van der Waals surface area contributed by atoms with Crippen molar-refractivity contribution >= 4 is 11.8 Å². The molecule has 1 aromatic rings. The number of aromatic carboxylic acids is 1. The normalized spacial score (nSPS) is 20.2. The third kappa shape index (κ3) is 3.90. The number of morpholine rings is 1. The molecule has 1 fully saturated rings. The number of nitrogens with one attached hydrogen (secondary N) is 1. The Balaban J connectivity index is 1.83. The molecule has 6 nitrogen and oxygen atoms in total. The number of likely N-dealkylation sites (N-methyl/N-ethyl adjacent to an activating group) is 1. The van der Waals surface area contributed by atoms with Gasteiger partial charge in [0.05, 0.1) is 18.3 Å². The Morgan fingerprint density at radius 3 is 3.11 bits per heavy atom. The van der Waals surface area contributed by atoms with Crippen molar-refractivity contribution < 1.29 is 14.6 Å². The Bertz CT molecular complexity index is 422. The minimum Gasteiger partial charge on any atom is -0.478 e. The van der Waals surface area contributed by atoms with Gasteiger partial charge in [0.25, 0.3) is 0 Å². The number of hydrogen-bond donors (Lipinski definition) is 2. The molecule has 0 amide bonds. The number of aromatic nitrogens is 1. The lowest BCUT2D eigenvalue weighted by Crippen LogP contribution is -2.45. The molecule has 6 heteroatoms. The van der Waals surface area contributed by atoms with E-state index in [0.717, 1.165) is 26.2 Å². The number of pyridine rings is 1. The molecule has 2 N–H and O–H groups in total. The molecule has 104 valence electrons. The minimum atomic E-state index is -0.965. The monoisotopic (exact) mass is 265 g/mol. The van der Waals surface area contributed by atoms with Gasteiger partial charge in [-0.1, -0.05) is 6.92 Å². The second kappa shape index (κ2) is 6.49. The van der Waals surface area contributed by atoms with Crippen LogP contribution in [0, 0.1) is 0 Å². The highest BCUT2D eigenvalue weighted by Crippen LogP contribution is 2.08. The number of carboxylic acid groups (broad SMARTS) is 1. The number of hydrogen-bond acceptors (Lipinski definition) is 5. The van der Waals surface area contributed by atoms with Gasteiger partial charge in [-0.3, -0.25) is 4.90 Å². The van der Waals surface area contributed by atoms with Gasteiger partial charge in [0.15, 0.2) is 0 Å². The number of nitrogens with zero attached hydrogens (tertiary/aromatic N) is 2. The zero-order valence-electron chi connectivity index (χ0n) is 11.0. The highest BCUT2D eigenvalue weighted by Gasteiger charge is 2.18. The van der Waals surface area contributed by atoms with E-state index in [9.17, 15) is 4.79 Å². The Labute approximate surface area is 112 Å². The molecule has 0 saturated carbocycles. The van der Waals surface area contributed by atoms with Crippen molar-refractivity contribution in [1.82, 2.24) is 9.88 Å². The van der Waals surface area contributed by atoms with Crippen LogP contribution >= 0.6 is 0 Å². The second-order valence-corrected chi connectivity index (χ2v) is 4.50. The smallest absolute Gasteiger partial charge is 0.337 e. The van der Waals surface area contributed by atoms with E-state index in [1.54, 1.807) is 6.07 Å². The van der Waals surface area contributed by atoms with Gasteiger partial charge in [-0.15, -0.1) is 0 Å². The molecule has 1 unspecified atom stereocenters. The van der Waals surface area contributed by atoms with Gasteiger partial charge in [0, 0.05) is 25.8 Å². The molecule has 0 spiro atoms. The van der Waals surface area contributed by atoms with Crippen LogP contribution in [-0.4, -0.2) is 59.8 Å². The molecule has 1 atom stereocenters. The summed E-state index contributed by atoms with van der Waals surface area (Å²) in [5.74, 6) is -0.296. The first-order chi connectivity index (χ1) is 9.19. The largest absolute Gasteiger partial charge is 0.478 e. The molecule has 2 rings (SSSR count). The average Bonchev–Trinajstić information content (AvgIpc) is 2.46. The third-order valence-electron chi connectivity index (χ3n) is 3.19. The number of anilines is 1. The topological polar surface area (TPSA) is 74.7 Å². The molecule has 1 aliphatic heterocycles. The van der Waals surface area contributed by atoms with E-state index in [1.807, 2.05) is 0 Å². The van der Waals surface area contributed by atoms with Crippen molar-refractivity contribution in [3.63, 3.8) is 0 Å². The zero-order chi connectivity index (χ0) is 13.7.